The van der Waals surface area contributed by atoms with Gasteiger partial charge in [0.1, 0.15) is 0 Å². The number of ether oxygens (including phenoxy) is 1. The van der Waals surface area contributed by atoms with Crippen molar-refractivity contribution in [3.05, 3.63) is 35.4 Å². The van der Waals surface area contributed by atoms with Crippen molar-refractivity contribution in [1.82, 2.24) is 15.5 Å². The van der Waals surface area contributed by atoms with E-state index in [0.29, 0.717) is 19.2 Å². The molecule has 5 nitrogen and oxygen atoms in total. The standard InChI is InChI=1S/C22H36N4O/c1-3-23-22(24-15-18-9-5-6-10-19(18)17-27-4-2)25-20-13-14-26(16-20)21-11-7-8-12-21/h5-6,9-10,20-21H,3-4,7-8,11-17H2,1-2H3,(H2,23,24,25). The molecule has 0 bridgehead atoms. The van der Waals surface area contributed by atoms with Crippen molar-refractivity contribution >= 4 is 5.96 Å². The van der Waals surface area contributed by atoms with Crippen LogP contribution in [0.5, 0.6) is 0 Å². The lowest BCUT2D eigenvalue weighted by molar-refractivity contribution is 0.133. The first kappa shape index (κ1) is 20.2. The van der Waals surface area contributed by atoms with Crippen molar-refractivity contribution in [2.24, 2.45) is 4.99 Å². The third-order valence-electron chi connectivity index (χ3n) is 5.73. The van der Waals surface area contributed by atoms with Gasteiger partial charge < -0.3 is 15.4 Å². The molecule has 1 heterocycles. The second-order valence-corrected chi connectivity index (χ2v) is 7.66. The van der Waals surface area contributed by atoms with Crippen LogP contribution < -0.4 is 10.6 Å². The molecule has 1 atom stereocenters. The van der Waals surface area contributed by atoms with Gasteiger partial charge in [-0.1, -0.05) is 37.1 Å². The van der Waals surface area contributed by atoms with Crippen LogP contribution in [-0.2, 0) is 17.9 Å². The molecule has 0 aromatic heterocycles. The molecular formula is C22H36N4O. The summed E-state index contributed by atoms with van der Waals surface area (Å²) in [6.07, 6.45) is 6.80. The minimum absolute atomic E-state index is 0.502. The maximum Gasteiger partial charge on any atom is 0.191 e. The number of aliphatic imine (C=N–C) groups is 1. The normalized spacial score (nSPS) is 21.7. The van der Waals surface area contributed by atoms with Gasteiger partial charge in [0.2, 0.25) is 0 Å². The summed E-state index contributed by atoms with van der Waals surface area (Å²) in [5, 5.41) is 7.09. The van der Waals surface area contributed by atoms with E-state index in [1.807, 2.05) is 6.92 Å². The van der Waals surface area contributed by atoms with Crippen LogP contribution in [-0.4, -0.2) is 49.2 Å². The summed E-state index contributed by atoms with van der Waals surface area (Å²) in [4.78, 5) is 7.54. The molecule has 2 aliphatic rings. The summed E-state index contributed by atoms with van der Waals surface area (Å²) >= 11 is 0. The van der Waals surface area contributed by atoms with Crippen molar-refractivity contribution in [3.63, 3.8) is 0 Å². The Balaban J connectivity index is 1.57. The zero-order valence-corrected chi connectivity index (χ0v) is 17.0. The first-order valence-corrected chi connectivity index (χ1v) is 10.7. The molecule has 2 N–H and O–H groups in total. The molecule has 2 fully saturated rings. The highest BCUT2D eigenvalue weighted by atomic mass is 16.5. The Kier molecular flexibility index (Phi) is 7.96. The van der Waals surface area contributed by atoms with Crippen LogP contribution in [0.25, 0.3) is 0 Å². The second-order valence-electron chi connectivity index (χ2n) is 7.66. The number of hydrogen-bond acceptors (Lipinski definition) is 3. The van der Waals surface area contributed by atoms with Crippen LogP contribution in [0, 0.1) is 0 Å². The molecule has 1 saturated carbocycles. The third kappa shape index (κ3) is 5.94. The molecule has 0 amide bonds. The molecule has 3 rings (SSSR count). The van der Waals surface area contributed by atoms with Crippen molar-refractivity contribution in [2.75, 3.05) is 26.2 Å². The van der Waals surface area contributed by atoms with E-state index in [9.17, 15) is 0 Å². The Morgan fingerprint density at radius 1 is 1.15 bits per heavy atom. The van der Waals surface area contributed by atoms with Crippen molar-refractivity contribution in [3.8, 4) is 0 Å². The van der Waals surface area contributed by atoms with Gasteiger partial charge in [0.15, 0.2) is 5.96 Å². The molecule has 5 heteroatoms. The zero-order chi connectivity index (χ0) is 18.9. The van der Waals surface area contributed by atoms with Gasteiger partial charge in [-0.25, -0.2) is 4.99 Å². The summed E-state index contributed by atoms with van der Waals surface area (Å²) in [6.45, 7) is 9.48. The predicted octanol–water partition coefficient (Wildman–Crippen LogP) is 3.30. The van der Waals surface area contributed by atoms with E-state index in [0.717, 1.165) is 31.7 Å². The molecule has 27 heavy (non-hydrogen) atoms. The van der Waals surface area contributed by atoms with Crippen LogP contribution in [0.4, 0.5) is 0 Å². The maximum absolute atomic E-state index is 5.60. The minimum Gasteiger partial charge on any atom is -0.377 e. The average Bonchev–Trinajstić information content (AvgIpc) is 3.37. The molecule has 1 aromatic carbocycles. The van der Waals surface area contributed by atoms with Crippen LogP contribution in [0.1, 0.15) is 57.1 Å². The van der Waals surface area contributed by atoms with Gasteiger partial charge in [-0.15, -0.1) is 0 Å². The van der Waals surface area contributed by atoms with E-state index >= 15 is 0 Å². The lowest BCUT2D eigenvalue weighted by atomic mass is 10.1. The minimum atomic E-state index is 0.502. The van der Waals surface area contributed by atoms with E-state index in [1.165, 1.54) is 49.8 Å². The second kappa shape index (κ2) is 10.7. The Bertz CT molecular complexity index is 598. The SMILES string of the molecule is CCNC(=NCc1ccccc1COCC)NC1CCN(C2CCCC2)C1. The fraction of sp³-hybridized carbons (Fsp3) is 0.682. The third-order valence-corrected chi connectivity index (χ3v) is 5.73. The molecule has 150 valence electrons. The highest BCUT2D eigenvalue weighted by Gasteiger charge is 2.30. The Hall–Kier alpha value is -1.59. The van der Waals surface area contributed by atoms with Gasteiger partial charge in [0, 0.05) is 38.3 Å². The summed E-state index contributed by atoms with van der Waals surface area (Å²) in [5.41, 5.74) is 2.47. The van der Waals surface area contributed by atoms with Gasteiger partial charge in [0.25, 0.3) is 0 Å². The number of benzene rings is 1. The van der Waals surface area contributed by atoms with Crippen molar-refractivity contribution in [1.29, 1.82) is 0 Å². The number of hydrogen-bond donors (Lipinski definition) is 2. The van der Waals surface area contributed by atoms with Gasteiger partial charge >= 0.3 is 0 Å². The Labute approximate surface area is 164 Å². The average molecular weight is 373 g/mol. The first-order chi connectivity index (χ1) is 13.3. The first-order valence-electron chi connectivity index (χ1n) is 10.7. The molecule has 0 spiro atoms. The molecule has 1 aliphatic carbocycles. The van der Waals surface area contributed by atoms with E-state index in [1.54, 1.807) is 0 Å². The van der Waals surface area contributed by atoms with E-state index in [-0.39, 0.29) is 0 Å². The van der Waals surface area contributed by atoms with Gasteiger partial charge in [0.05, 0.1) is 13.2 Å². The fourth-order valence-electron chi connectivity index (χ4n) is 4.25. The summed E-state index contributed by atoms with van der Waals surface area (Å²) < 4.78 is 5.60. The maximum atomic E-state index is 5.60. The van der Waals surface area contributed by atoms with Crippen LogP contribution in [0.15, 0.2) is 29.3 Å². The highest BCUT2D eigenvalue weighted by Crippen LogP contribution is 2.26. The number of nitrogens with zero attached hydrogens (tertiary/aromatic N) is 2. The summed E-state index contributed by atoms with van der Waals surface area (Å²) in [6, 6.07) is 9.76. The number of guanidine groups is 1. The topological polar surface area (TPSA) is 48.9 Å². The quantitative estimate of drug-likeness (QED) is 0.543. The number of likely N-dealkylation sites (tertiary alicyclic amines) is 1. The molecule has 1 unspecified atom stereocenters. The number of nitrogens with one attached hydrogen (secondary N) is 2. The lowest BCUT2D eigenvalue weighted by Crippen LogP contribution is -2.45. The lowest BCUT2D eigenvalue weighted by Gasteiger charge is -2.24. The van der Waals surface area contributed by atoms with E-state index in [2.05, 4.69) is 46.7 Å². The van der Waals surface area contributed by atoms with Crippen molar-refractivity contribution in [2.45, 2.75) is 71.2 Å². The van der Waals surface area contributed by atoms with E-state index in [4.69, 9.17) is 9.73 Å². The Morgan fingerprint density at radius 2 is 1.93 bits per heavy atom. The van der Waals surface area contributed by atoms with Gasteiger partial charge in [-0.2, -0.15) is 0 Å². The van der Waals surface area contributed by atoms with Crippen molar-refractivity contribution < 1.29 is 4.74 Å². The number of rotatable bonds is 8. The molecule has 0 radical (unpaired) electrons. The molecular weight excluding hydrogens is 336 g/mol. The molecule has 1 aromatic rings. The van der Waals surface area contributed by atoms with E-state index < -0.39 is 0 Å². The van der Waals surface area contributed by atoms with Gasteiger partial charge in [-0.3, -0.25) is 4.90 Å². The summed E-state index contributed by atoms with van der Waals surface area (Å²) in [5.74, 6) is 0.932. The molecule has 1 aliphatic heterocycles. The zero-order valence-electron chi connectivity index (χ0n) is 17.0. The fourth-order valence-corrected chi connectivity index (χ4v) is 4.25. The molecule has 1 saturated heterocycles. The highest BCUT2D eigenvalue weighted by molar-refractivity contribution is 5.80. The Morgan fingerprint density at radius 3 is 2.67 bits per heavy atom. The smallest absolute Gasteiger partial charge is 0.191 e. The van der Waals surface area contributed by atoms with Crippen LogP contribution in [0.2, 0.25) is 0 Å². The monoisotopic (exact) mass is 372 g/mol. The van der Waals surface area contributed by atoms with Gasteiger partial charge in [-0.05, 0) is 44.2 Å². The largest absolute Gasteiger partial charge is 0.377 e. The predicted molar refractivity (Wildman–Crippen MR) is 112 cm³/mol. The van der Waals surface area contributed by atoms with Crippen LogP contribution >= 0.6 is 0 Å². The van der Waals surface area contributed by atoms with Crippen LogP contribution in [0.3, 0.4) is 0 Å². The summed E-state index contributed by atoms with van der Waals surface area (Å²) in [7, 11) is 0.